The fraction of sp³-hybridized carbons (Fsp3) is 0.471. The Hall–Kier alpha value is -1.81. The van der Waals surface area contributed by atoms with E-state index in [1.54, 1.807) is 7.11 Å². The summed E-state index contributed by atoms with van der Waals surface area (Å²) < 4.78 is 7.59. The zero-order chi connectivity index (χ0) is 15.0. The maximum absolute atomic E-state index is 5.26. The average molecular weight is 285 g/mol. The first-order chi connectivity index (χ1) is 10.0. The molecule has 0 unspecified atom stereocenters. The fourth-order valence-electron chi connectivity index (χ4n) is 2.82. The first-order valence-corrected chi connectivity index (χ1v) is 7.47. The van der Waals surface area contributed by atoms with Crippen LogP contribution in [0.25, 0.3) is 5.69 Å². The SMILES string of the molecule is COc1ccc(-n2c(C(C)(C)C)nc3c2CCNC3)cc1. The zero-order valence-corrected chi connectivity index (χ0v) is 13.2. The summed E-state index contributed by atoms with van der Waals surface area (Å²) in [5.74, 6) is 2.01. The van der Waals surface area contributed by atoms with Crippen LogP contribution in [0.3, 0.4) is 0 Å². The minimum Gasteiger partial charge on any atom is -0.497 e. The van der Waals surface area contributed by atoms with Crippen molar-refractivity contribution in [1.82, 2.24) is 14.9 Å². The second kappa shape index (κ2) is 5.19. The molecule has 1 N–H and O–H groups in total. The third-order valence-corrected chi connectivity index (χ3v) is 3.89. The molecule has 1 aliphatic heterocycles. The molecule has 0 atom stereocenters. The van der Waals surface area contributed by atoms with Crippen LogP contribution >= 0.6 is 0 Å². The lowest BCUT2D eigenvalue weighted by Crippen LogP contribution is -2.25. The largest absolute Gasteiger partial charge is 0.497 e. The van der Waals surface area contributed by atoms with E-state index in [4.69, 9.17) is 9.72 Å². The Morgan fingerprint density at radius 2 is 1.90 bits per heavy atom. The molecule has 1 aromatic heterocycles. The summed E-state index contributed by atoms with van der Waals surface area (Å²) in [5, 5.41) is 3.41. The van der Waals surface area contributed by atoms with Gasteiger partial charge >= 0.3 is 0 Å². The molecule has 3 rings (SSSR count). The van der Waals surface area contributed by atoms with Gasteiger partial charge in [0, 0.05) is 36.3 Å². The summed E-state index contributed by atoms with van der Waals surface area (Å²) in [6, 6.07) is 8.24. The van der Waals surface area contributed by atoms with Crippen LogP contribution in [0.4, 0.5) is 0 Å². The van der Waals surface area contributed by atoms with Crippen LogP contribution in [0.15, 0.2) is 24.3 Å². The van der Waals surface area contributed by atoms with Crippen LogP contribution in [0, 0.1) is 0 Å². The highest BCUT2D eigenvalue weighted by Crippen LogP contribution is 2.30. The van der Waals surface area contributed by atoms with E-state index in [-0.39, 0.29) is 5.41 Å². The fourth-order valence-corrected chi connectivity index (χ4v) is 2.82. The van der Waals surface area contributed by atoms with Gasteiger partial charge in [0.15, 0.2) is 0 Å². The van der Waals surface area contributed by atoms with Crippen molar-refractivity contribution in [3.8, 4) is 11.4 Å². The topological polar surface area (TPSA) is 39.1 Å². The lowest BCUT2D eigenvalue weighted by molar-refractivity contribution is 0.414. The predicted molar refractivity (Wildman–Crippen MR) is 84.2 cm³/mol. The number of nitrogens with one attached hydrogen (secondary N) is 1. The number of hydrogen-bond donors (Lipinski definition) is 1. The molecule has 112 valence electrons. The molecule has 2 heterocycles. The quantitative estimate of drug-likeness (QED) is 0.922. The summed E-state index contributed by atoms with van der Waals surface area (Å²) in [7, 11) is 1.69. The number of aromatic nitrogens is 2. The Morgan fingerprint density at radius 1 is 1.19 bits per heavy atom. The van der Waals surface area contributed by atoms with Crippen molar-refractivity contribution in [2.45, 2.75) is 39.2 Å². The van der Waals surface area contributed by atoms with Gasteiger partial charge in [-0.15, -0.1) is 0 Å². The van der Waals surface area contributed by atoms with E-state index < -0.39 is 0 Å². The molecule has 1 aliphatic rings. The van der Waals surface area contributed by atoms with Crippen molar-refractivity contribution >= 4 is 0 Å². The van der Waals surface area contributed by atoms with Gasteiger partial charge in [0.25, 0.3) is 0 Å². The van der Waals surface area contributed by atoms with E-state index in [1.807, 2.05) is 12.1 Å². The Labute approximate surface area is 126 Å². The van der Waals surface area contributed by atoms with Crippen molar-refractivity contribution in [3.05, 3.63) is 41.5 Å². The van der Waals surface area contributed by atoms with Gasteiger partial charge in [0.05, 0.1) is 12.8 Å². The van der Waals surface area contributed by atoms with E-state index in [0.29, 0.717) is 0 Å². The second-order valence-corrected chi connectivity index (χ2v) is 6.54. The molecule has 4 nitrogen and oxygen atoms in total. The zero-order valence-electron chi connectivity index (χ0n) is 13.2. The van der Waals surface area contributed by atoms with Gasteiger partial charge in [-0.3, -0.25) is 4.57 Å². The first kappa shape index (κ1) is 14.1. The number of nitrogens with zero attached hydrogens (tertiary/aromatic N) is 2. The second-order valence-electron chi connectivity index (χ2n) is 6.54. The molecule has 0 amide bonds. The molecule has 0 spiro atoms. The van der Waals surface area contributed by atoms with Crippen LogP contribution in [-0.4, -0.2) is 23.2 Å². The molecule has 0 saturated carbocycles. The predicted octanol–water partition coefficient (Wildman–Crippen LogP) is 2.82. The van der Waals surface area contributed by atoms with Crippen molar-refractivity contribution in [1.29, 1.82) is 0 Å². The van der Waals surface area contributed by atoms with E-state index in [2.05, 4.69) is 42.8 Å². The Bertz CT molecular complexity index is 635. The minimum atomic E-state index is 0.0112. The van der Waals surface area contributed by atoms with Gasteiger partial charge < -0.3 is 10.1 Å². The van der Waals surface area contributed by atoms with Crippen LogP contribution in [0.1, 0.15) is 38.0 Å². The van der Waals surface area contributed by atoms with Crippen molar-refractivity contribution in [3.63, 3.8) is 0 Å². The summed E-state index contributed by atoms with van der Waals surface area (Å²) in [6.07, 6.45) is 1.02. The van der Waals surface area contributed by atoms with Gasteiger partial charge in [0.1, 0.15) is 11.6 Å². The molecule has 0 saturated heterocycles. The lowest BCUT2D eigenvalue weighted by Gasteiger charge is -2.22. The summed E-state index contributed by atoms with van der Waals surface area (Å²) in [4.78, 5) is 4.91. The normalized spacial score (nSPS) is 14.9. The summed E-state index contributed by atoms with van der Waals surface area (Å²) in [6.45, 7) is 8.52. The van der Waals surface area contributed by atoms with Crippen LogP contribution < -0.4 is 10.1 Å². The number of rotatable bonds is 2. The smallest absolute Gasteiger partial charge is 0.119 e. The third kappa shape index (κ3) is 2.56. The van der Waals surface area contributed by atoms with Crippen LogP contribution in [-0.2, 0) is 18.4 Å². The molecule has 1 aromatic carbocycles. The maximum atomic E-state index is 5.26. The van der Waals surface area contributed by atoms with E-state index in [9.17, 15) is 0 Å². The highest BCUT2D eigenvalue weighted by molar-refractivity contribution is 5.43. The monoisotopic (exact) mass is 285 g/mol. The molecule has 0 bridgehead atoms. The third-order valence-electron chi connectivity index (χ3n) is 3.89. The average Bonchev–Trinajstić information content (AvgIpc) is 2.87. The number of fused-ring (bicyclic) bond motifs is 1. The molecular formula is C17H23N3O. The number of imidazole rings is 1. The highest BCUT2D eigenvalue weighted by atomic mass is 16.5. The van der Waals surface area contributed by atoms with Gasteiger partial charge in [-0.05, 0) is 24.3 Å². The number of ether oxygens (including phenoxy) is 1. The molecular weight excluding hydrogens is 262 g/mol. The van der Waals surface area contributed by atoms with Gasteiger partial charge in [-0.2, -0.15) is 0 Å². The standard InChI is InChI=1S/C17H23N3O/c1-17(2,3)16-19-14-11-18-10-9-15(14)20(16)12-5-7-13(21-4)8-6-12/h5-8,18H,9-11H2,1-4H3. The van der Waals surface area contributed by atoms with Gasteiger partial charge in [0.2, 0.25) is 0 Å². The lowest BCUT2D eigenvalue weighted by atomic mass is 9.95. The Balaban J connectivity index is 2.16. The van der Waals surface area contributed by atoms with Crippen LogP contribution in [0.2, 0.25) is 0 Å². The van der Waals surface area contributed by atoms with Crippen molar-refractivity contribution in [2.75, 3.05) is 13.7 Å². The number of methoxy groups -OCH3 is 1. The molecule has 0 aliphatic carbocycles. The van der Waals surface area contributed by atoms with Gasteiger partial charge in [-0.1, -0.05) is 20.8 Å². The Morgan fingerprint density at radius 3 is 2.52 bits per heavy atom. The molecule has 0 fully saturated rings. The number of benzene rings is 1. The van der Waals surface area contributed by atoms with Crippen LogP contribution in [0.5, 0.6) is 5.75 Å². The minimum absolute atomic E-state index is 0.0112. The molecule has 0 radical (unpaired) electrons. The summed E-state index contributed by atoms with van der Waals surface area (Å²) >= 11 is 0. The number of hydrogen-bond acceptors (Lipinski definition) is 3. The molecule has 4 heteroatoms. The van der Waals surface area contributed by atoms with E-state index >= 15 is 0 Å². The summed E-state index contributed by atoms with van der Waals surface area (Å²) in [5.41, 5.74) is 3.69. The first-order valence-electron chi connectivity index (χ1n) is 7.47. The van der Waals surface area contributed by atoms with E-state index in [0.717, 1.165) is 36.8 Å². The van der Waals surface area contributed by atoms with Gasteiger partial charge in [-0.25, -0.2) is 4.98 Å². The molecule has 2 aromatic rings. The van der Waals surface area contributed by atoms with Crippen molar-refractivity contribution < 1.29 is 4.74 Å². The maximum Gasteiger partial charge on any atom is 0.119 e. The Kier molecular flexibility index (Phi) is 3.49. The highest BCUT2D eigenvalue weighted by Gasteiger charge is 2.27. The van der Waals surface area contributed by atoms with E-state index in [1.165, 1.54) is 11.4 Å². The molecule has 21 heavy (non-hydrogen) atoms. The van der Waals surface area contributed by atoms with Crippen molar-refractivity contribution in [2.24, 2.45) is 0 Å².